The molecule has 1 unspecified atom stereocenters. The van der Waals surface area contributed by atoms with Gasteiger partial charge in [-0.05, 0) is 54.8 Å². The Labute approximate surface area is 171 Å². The molecule has 0 aliphatic heterocycles. The first-order chi connectivity index (χ1) is 13.2. The number of hydrogen-bond acceptors (Lipinski definition) is 4. The average Bonchev–Trinajstić information content (AvgIpc) is 2.64. The number of hydrogen-bond donors (Lipinski definition) is 1. The molecule has 0 aromatic heterocycles. The summed E-state index contributed by atoms with van der Waals surface area (Å²) in [7, 11) is -2.03. The van der Waals surface area contributed by atoms with Gasteiger partial charge in [0.25, 0.3) is 0 Å². The van der Waals surface area contributed by atoms with Crippen molar-refractivity contribution in [2.75, 3.05) is 24.2 Å². The summed E-state index contributed by atoms with van der Waals surface area (Å²) in [5.41, 5.74) is 2.29. The minimum absolute atomic E-state index is 0.233. The van der Waals surface area contributed by atoms with Gasteiger partial charge >= 0.3 is 0 Å². The van der Waals surface area contributed by atoms with Gasteiger partial charge in [-0.15, -0.1) is 0 Å². The van der Waals surface area contributed by atoms with Gasteiger partial charge in [-0.2, -0.15) is 0 Å². The zero-order valence-corrected chi connectivity index (χ0v) is 18.0. The van der Waals surface area contributed by atoms with Crippen molar-refractivity contribution >= 4 is 33.2 Å². The van der Waals surface area contributed by atoms with Gasteiger partial charge in [-0.1, -0.05) is 30.7 Å². The van der Waals surface area contributed by atoms with Crippen LogP contribution in [-0.2, 0) is 14.8 Å². The molecule has 0 saturated carbocycles. The third kappa shape index (κ3) is 5.62. The molecule has 2 aromatic rings. The Bertz CT molecular complexity index is 930. The second kappa shape index (κ2) is 9.30. The van der Waals surface area contributed by atoms with Crippen LogP contribution < -0.4 is 14.4 Å². The molecule has 0 aliphatic rings. The number of benzene rings is 2. The molecule has 1 N–H and O–H groups in total. The van der Waals surface area contributed by atoms with E-state index in [1.165, 1.54) is 0 Å². The van der Waals surface area contributed by atoms with Crippen molar-refractivity contribution in [1.29, 1.82) is 0 Å². The molecule has 1 amide bonds. The number of sulfonamides is 1. The number of aryl methyl sites for hydroxylation is 1. The number of carbonyl (C=O) groups excluding carboxylic acids is 1. The summed E-state index contributed by atoms with van der Waals surface area (Å²) >= 11 is 5.87. The van der Waals surface area contributed by atoms with E-state index in [0.29, 0.717) is 17.1 Å². The Morgan fingerprint density at radius 3 is 2.36 bits per heavy atom. The van der Waals surface area contributed by atoms with E-state index in [1.807, 2.05) is 32.0 Å². The molecule has 2 rings (SSSR count). The minimum Gasteiger partial charge on any atom is -0.496 e. The number of methoxy groups -OCH3 is 1. The molecule has 0 radical (unpaired) electrons. The van der Waals surface area contributed by atoms with E-state index in [4.69, 9.17) is 16.3 Å². The molecule has 6 nitrogen and oxygen atoms in total. The fourth-order valence-corrected chi connectivity index (χ4v) is 3.90. The van der Waals surface area contributed by atoms with Crippen LogP contribution in [0, 0.1) is 6.92 Å². The molecule has 2 aromatic carbocycles. The number of nitrogens with zero attached hydrogens (tertiary/aromatic N) is 1. The van der Waals surface area contributed by atoms with Crippen LogP contribution in [0.5, 0.6) is 5.75 Å². The summed E-state index contributed by atoms with van der Waals surface area (Å²) in [6, 6.07) is 11.8. The molecule has 152 valence electrons. The van der Waals surface area contributed by atoms with Gasteiger partial charge in [0.2, 0.25) is 15.9 Å². The molecule has 0 bridgehead atoms. The average molecular weight is 425 g/mol. The maximum absolute atomic E-state index is 12.6. The Hall–Kier alpha value is -2.25. The van der Waals surface area contributed by atoms with Crippen LogP contribution in [-0.4, -0.2) is 34.2 Å². The van der Waals surface area contributed by atoms with Crippen LogP contribution in [0.25, 0.3) is 0 Å². The van der Waals surface area contributed by atoms with Crippen LogP contribution in [0.1, 0.15) is 30.5 Å². The van der Waals surface area contributed by atoms with Gasteiger partial charge in [0, 0.05) is 5.02 Å². The Balaban J connectivity index is 2.18. The lowest BCUT2D eigenvalue weighted by Crippen LogP contribution is -2.41. The lowest BCUT2D eigenvalue weighted by atomic mass is 10.0. The van der Waals surface area contributed by atoms with E-state index >= 15 is 0 Å². The van der Waals surface area contributed by atoms with Crippen molar-refractivity contribution < 1.29 is 17.9 Å². The monoisotopic (exact) mass is 424 g/mol. The number of ether oxygens (including phenoxy) is 1. The second-order valence-corrected chi connectivity index (χ2v) is 8.85. The highest BCUT2D eigenvalue weighted by Gasteiger charge is 2.22. The van der Waals surface area contributed by atoms with E-state index in [0.717, 1.165) is 27.4 Å². The van der Waals surface area contributed by atoms with Crippen molar-refractivity contribution in [2.24, 2.45) is 0 Å². The fourth-order valence-electron chi connectivity index (χ4n) is 2.92. The van der Waals surface area contributed by atoms with Crippen molar-refractivity contribution in [1.82, 2.24) is 5.32 Å². The number of anilines is 1. The summed E-state index contributed by atoms with van der Waals surface area (Å²) in [5, 5.41) is 3.41. The summed E-state index contributed by atoms with van der Waals surface area (Å²) < 4.78 is 30.7. The van der Waals surface area contributed by atoms with E-state index in [1.54, 1.807) is 31.4 Å². The highest BCUT2D eigenvalue weighted by Crippen LogP contribution is 2.25. The zero-order chi connectivity index (χ0) is 20.9. The number of carbonyl (C=O) groups is 1. The highest BCUT2D eigenvalue weighted by atomic mass is 35.5. The van der Waals surface area contributed by atoms with E-state index < -0.39 is 10.0 Å². The molecular weight excluding hydrogens is 400 g/mol. The Morgan fingerprint density at radius 1 is 1.21 bits per heavy atom. The first-order valence-electron chi connectivity index (χ1n) is 8.83. The number of rotatable bonds is 8. The van der Waals surface area contributed by atoms with Crippen molar-refractivity contribution in [3.05, 3.63) is 58.6 Å². The molecule has 28 heavy (non-hydrogen) atoms. The van der Waals surface area contributed by atoms with Crippen LogP contribution in [0.4, 0.5) is 5.69 Å². The molecule has 0 fully saturated rings. The molecule has 1 atom stereocenters. The normalized spacial score (nSPS) is 12.3. The van der Waals surface area contributed by atoms with E-state index in [2.05, 4.69) is 5.32 Å². The van der Waals surface area contributed by atoms with Crippen molar-refractivity contribution in [3.8, 4) is 5.75 Å². The lowest BCUT2D eigenvalue weighted by Gasteiger charge is -2.24. The predicted octanol–water partition coefficient (Wildman–Crippen LogP) is 3.69. The van der Waals surface area contributed by atoms with E-state index in [9.17, 15) is 13.2 Å². The minimum atomic E-state index is -3.64. The van der Waals surface area contributed by atoms with Crippen LogP contribution in [0.15, 0.2) is 42.5 Å². The maximum Gasteiger partial charge on any atom is 0.241 e. The van der Waals surface area contributed by atoms with Gasteiger partial charge in [-0.3, -0.25) is 9.10 Å². The first kappa shape index (κ1) is 22.0. The topological polar surface area (TPSA) is 75.7 Å². The van der Waals surface area contributed by atoms with Gasteiger partial charge in [0.05, 0.1) is 25.1 Å². The smallest absolute Gasteiger partial charge is 0.241 e. The van der Waals surface area contributed by atoms with Crippen molar-refractivity contribution in [2.45, 2.75) is 26.3 Å². The number of nitrogens with one attached hydrogen (secondary N) is 1. The first-order valence-corrected chi connectivity index (χ1v) is 11.1. The second-order valence-electron chi connectivity index (χ2n) is 6.50. The molecule has 8 heteroatoms. The summed E-state index contributed by atoms with van der Waals surface area (Å²) in [6.07, 6.45) is 1.73. The third-order valence-corrected chi connectivity index (χ3v) is 5.76. The number of halogens is 1. The SMILES string of the molecule is CCC(NC(=O)CN(c1ccc(Cl)cc1)S(C)(=O)=O)c1ccc(OC)c(C)c1. The van der Waals surface area contributed by atoms with Gasteiger partial charge < -0.3 is 10.1 Å². The summed E-state index contributed by atoms with van der Waals surface area (Å²) in [4.78, 5) is 12.6. The Morgan fingerprint density at radius 2 is 1.86 bits per heavy atom. The van der Waals surface area contributed by atoms with Gasteiger partial charge in [-0.25, -0.2) is 8.42 Å². The van der Waals surface area contributed by atoms with Crippen LogP contribution in [0.2, 0.25) is 5.02 Å². The largest absolute Gasteiger partial charge is 0.496 e. The lowest BCUT2D eigenvalue weighted by molar-refractivity contribution is -0.120. The standard InChI is InChI=1S/C20H25ClN2O4S/c1-5-18(15-6-11-19(27-3)14(2)12-15)22-20(24)13-23(28(4,25)26)17-9-7-16(21)8-10-17/h6-12,18H,5,13H2,1-4H3,(H,22,24). The van der Waals surface area contributed by atoms with Gasteiger partial charge in [0.1, 0.15) is 12.3 Å². The molecule has 0 aliphatic carbocycles. The molecule has 0 saturated heterocycles. The molecule has 0 heterocycles. The third-order valence-electron chi connectivity index (χ3n) is 4.37. The zero-order valence-electron chi connectivity index (χ0n) is 16.4. The fraction of sp³-hybridized carbons (Fsp3) is 0.350. The van der Waals surface area contributed by atoms with Crippen molar-refractivity contribution in [3.63, 3.8) is 0 Å². The maximum atomic E-state index is 12.6. The molecular formula is C20H25ClN2O4S. The van der Waals surface area contributed by atoms with Crippen LogP contribution >= 0.6 is 11.6 Å². The highest BCUT2D eigenvalue weighted by molar-refractivity contribution is 7.92. The summed E-state index contributed by atoms with van der Waals surface area (Å²) in [5.74, 6) is 0.386. The van der Waals surface area contributed by atoms with E-state index in [-0.39, 0.29) is 18.5 Å². The van der Waals surface area contributed by atoms with Crippen LogP contribution in [0.3, 0.4) is 0 Å². The summed E-state index contributed by atoms with van der Waals surface area (Å²) in [6.45, 7) is 3.58. The number of amides is 1. The Kier molecular flexibility index (Phi) is 7.32. The predicted molar refractivity (Wildman–Crippen MR) is 113 cm³/mol. The molecule has 0 spiro atoms. The quantitative estimate of drug-likeness (QED) is 0.701. The van der Waals surface area contributed by atoms with Gasteiger partial charge in [0.15, 0.2) is 0 Å².